The molecule has 0 spiro atoms. The molecule has 2 aliphatic rings. The quantitative estimate of drug-likeness (QED) is 0.463. The zero-order chi connectivity index (χ0) is 24.2. The maximum atomic E-state index is 13.6. The van der Waals surface area contributed by atoms with Gasteiger partial charge in [-0.15, -0.1) is 11.3 Å². The molecule has 1 saturated heterocycles. The Labute approximate surface area is 207 Å². The van der Waals surface area contributed by atoms with Gasteiger partial charge in [0.15, 0.2) is 5.76 Å². The summed E-state index contributed by atoms with van der Waals surface area (Å²) < 4.78 is 30.3. The van der Waals surface area contributed by atoms with Gasteiger partial charge in [-0.2, -0.15) is 0 Å². The number of amides is 2. The fraction of sp³-hybridized carbons (Fsp3) is 0.385. The van der Waals surface area contributed by atoms with E-state index in [0.29, 0.717) is 25.4 Å². The van der Waals surface area contributed by atoms with Gasteiger partial charge < -0.3 is 23.7 Å². The predicted molar refractivity (Wildman–Crippen MR) is 128 cm³/mol. The predicted octanol–water partition coefficient (Wildman–Crippen LogP) is 4.31. The van der Waals surface area contributed by atoms with E-state index in [1.807, 2.05) is 11.4 Å². The van der Waals surface area contributed by atoms with E-state index in [9.17, 15) is 14.0 Å². The number of benzene rings is 1. The number of hydrogen-bond donors (Lipinski definition) is 0. The minimum absolute atomic E-state index is 0.0775. The molecule has 2 atom stereocenters. The summed E-state index contributed by atoms with van der Waals surface area (Å²) in [5, 5.41) is 2.02. The Hall–Kier alpha value is -3.17. The molecule has 0 bridgehead atoms. The number of ether oxygens (including phenoxy) is 2. The van der Waals surface area contributed by atoms with E-state index in [-0.39, 0.29) is 48.7 Å². The number of hydrogen-bond acceptors (Lipinski definition) is 6. The molecule has 0 N–H and O–H groups in total. The zero-order valence-corrected chi connectivity index (χ0v) is 20.0. The van der Waals surface area contributed by atoms with Crippen LogP contribution in [0.4, 0.5) is 4.39 Å². The van der Waals surface area contributed by atoms with Crippen molar-refractivity contribution < 1.29 is 27.9 Å². The van der Waals surface area contributed by atoms with Gasteiger partial charge in [0, 0.05) is 24.6 Å². The number of rotatable bonds is 8. The topological polar surface area (TPSA) is 72.2 Å². The van der Waals surface area contributed by atoms with E-state index in [2.05, 4.69) is 0 Å². The molecule has 2 aliphatic heterocycles. The Morgan fingerprint density at radius 2 is 2.06 bits per heavy atom. The molecule has 184 valence electrons. The van der Waals surface area contributed by atoms with Crippen LogP contribution in [0.5, 0.6) is 5.75 Å². The minimum Gasteiger partial charge on any atom is -0.491 e. The summed E-state index contributed by atoms with van der Waals surface area (Å²) in [4.78, 5) is 31.3. The van der Waals surface area contributed by atoms with E-state index in [0.717, 1.165) is 24.8 Å². The Balaban J connectivity index is 1.33. The molecular weight excluding hydrogens is 471 g/mol. The number of furan rings is 1. The lowest BCUT2D eigenvalue weighted by Gasteiger charge is -2.37. The van der Waals surface area contributed by atoms with Crippen molar-refractivity contribution in [2.75, 3.05) is 32.8 Å². The van der Waals surface area contributed by atoms with Gasteiger partial charge >= 0.3 is 0 Å². The van der Waals surface area contributed by atoms with E-state index in [1.165, 1.54) is 28.2 Å². The first kappa shape index (κ1) is 23.6. The summed E-state index contributed by atoms with van der Waals surface area (Å²) >= 11 is 1.67. The van der Waals surface area contributed by atoms with Crippen molar-refractivity contribution in [3.8, 4) is 5.75 Å². The summed E-state index contributed by atoms with van der Waals surface area (Å²) in [5.41, 5.74) is 1.06. The first-order chi connectivity index (χ1) is 17.1. The summed E-state index contributed by atoms with van der Waals surface area (Å²) in [6.07, 6.45) is 3.90. The third-order valence-corrected chi connectivity index (χ3v) is 7.43. The van der Waals surface area contributed by atoms with E-state index < -0.39 is 0 Å². The SMILES string of the molecule is O=C(c1ccco1)N(CC(=O)N1CCc2sccc2[C@H]1COc1ccc(F)cc1)C[C@H]1CCCO1. The molecule has 9 heteroatoms. The van der Waals surface area contributed by atoms with Gasteiger partial charge in [0.25, 0.3) is 5.91 Å². The van der Waals surface area contributed by atoms with Crippen molar-refractivity contribution in [2.24, 2.45) is 0 Å². The zero-order valence-electron chi connectivity index (χ0n) is 19.2. The molecule has 3 aromatic rings. The van der Waals surface area contributed by atoms with Crippen molar-refractivity contribution in [1.82, 2.24) is 9.80 Å². The fourth-order valence-electron chi connectivity index (χ4n) is 4.64. The molecule has 7 nitrogen and oxygen atoms in total. The molecule has 2 amide bonds. The molecule has 5 rings (SSSR count). The van der Waals surface area contributed by atoms with Crippen LogP contribution in [0.25, 0.3) is 0 Å². The van der Waals surface area contributed by atoms with Crippen LogP contribution in [0.2, 0.25) is 0 Å². The van der Waals surface area contributed by atoms with Gasteiger partial charge in [-0.3, -0.25) is 9.59 Å². The smallest absolute Gasteiger partial charge is 0.290 e. The first-order valence-electron chi connectivity index (χ1n) is 11.8. The number of nitrogens with zero attached hydrogens (tertiary/aromatic N) is 2. The Morgan fingerprint density at radius 1 is 1.20 bits per heavy atom. The van der Waals surface area contributed by atoms with Crippen LogP contribution in [-0.2, 0) is 16.0 Å². The number of fused-ring (bicyclic) bond motifs is 1. The van der Waals surface area contributed by atoms with Gasteiger partial charge in [0.1, 0.15) is 24.7 Å². The average molecular weight is 499 g/mol. The summed E-state index contributed by atoms with van der Waals surface area (Å²) in [6, 6.07) is 10.8. The monoisotopic (exact) mass is 498 g/mol. The van der Waals surface area contributed by atoms with Crippen molar-refractivity contribution >= 4 is 23.2 Å². The second kappa shape index (κ2) is 10.6. The lowest BCUT2D eigenvalue weighted by molar-refractivity contribution is -0.135. The second-order valence-corrected chi connectivity index (χ2v) is 9.72. The summed E-state index contributed by atoms with van der Waals surface area (Å²) in [7, 11) is 0. The standard InChI is InChI=1S/C26H27FN2O5S/c27-18-5-7-19(8-6-18)34-17-22-21-10-14-35-24(21)9-11-29(22)25(30)16-28(15-20-3-1-12-32-20)26(31)23-4-2-13-33-23/h2,4-8,10,13-14,20,22H,1,3,9,11-12,15-17H2/t20-,22-/m1/s1. The average Bonchev–Trinajstić information content (AvgIpc) is 3.65. The van der Waals surface area contributed by atoms with E-state index in [4.69, 9.17) is 13.9 Å². The van der Waals surface area contributed by atoms with E-state index in [1.54, 1.807) is 40.5 Å². The molecule has 0 saturated carbocycles. The van der Waals surface area contributed by atoms with Gasteiger partial charge in [-0.25, -0.2) is 4.39 Å². The molecule has 0 radical (unpaired) electrons. The lowest BCUT2D eigenvalue weighted by Crippen LogP contribution is -2.49. The fourth-order valence-corrected chi connectivity index (χ4v) is 5.57. The largest absolute Gasteiger partial charge is 0.491 e. The van der Waals surface area contributed by atoms with Crippen LogP contribution in [0.15, 0.2) is 58.5 Å². The van der Waals surface area contributed by atoms with Crippen molar-refractivity contribution in [1.29, 1.82) is 0 Å². The molecule has 4 heterocycles. The van der Waals surface area contributed by atoms with Crippen LogP contribution in [0.3, 0.4) is 0 Å². The highest BCUT2D eigenvalue weighted by atomic mass is 32.1. The van der Waals surface area contributed by atoms with Crippen LogP contribution in [-0.4, -0.2) is 60.6 Å². The van der Waals surface area contributed by atoms with Crippen LogP contribution >= 0.6 is 11.3 Å². The third kappa shape index (κ3) is 5.41. The molecular formula is C26H27FN2O5S. The van der Waals surface area contributed by atoms with Crippen molar-refractivity contribution in [3.05, 3.63) is 76.1 Å². The Bertz CT molecular complexity index is 1140. The highest BCUT2D eigenvalue weighted by molar-refractivity contribution is 7.10. The van der Waals surface area contributed by atoms with Gasteiger partial charge in [-0.1, -0.05) is 0 Å². The van der Waals surface area contributed by atoms with Gasteiger partial charge in [-0.05, 0) is 72.7 Å². The molecule has 1 aromatic carbocycles. The van der Waals surface area contributed by atoms with Crippen LogP contribution in [0.1, 0.15) is 39.9 Å². The Kier molecular flexibility index (Phi) is 7.15. The number of thiophene rings is 1. The number of carbonyl (C=O) groups is 2. The first-order valence-corrected chi connectivity index (χ1v) is 12.6. The highest BCUT2D eigenvalue weighted by Gasteiger charge is 2.35. The summed E-state index contributed by atoms with van der Waals surface area (Å²) in [6.45, 7) is 1.69. The molecule has 0 unspecified atom stereocenters. The van der Waals surface area contributed by atoms with E-state index >= 15 is 0 Å². The Morgan fingerprint density at radius 3 is 2.80 bits per heavy atom. The molecule has 1 fully saturated rings. The molecule has 2 aromatic heterocycles. The molecule has 0 aliphatic carbocycles. The third-order valence-electron chi connectivity index (χ3n) is 6.43. The highest BCUT2D eigenvalue weighted by Crippen LogP contribution is 2.34. The maximum absolute atomic E-state index is 13.6. The van der Waals surface area contributed by atoms with Crippen molar-refractivity contribution in [2.45, 2.75) is 31.4 Å². The van der Waals surface area contributed by atoms with Crippen LogP contribution in [0, 0.1) is 5.82 Å². The molecule has 35 heavy (non-hydrogen) atoms. The minimum atomic E-state index is -0.334. The maximum Gasteiger partial charge on any atom is 0.290 e. The number of halogens is 1. The number of carbonyl (C=O) groups excluding carboxylic acids is 2. The normalized spacial score (nSPS) is 19.4. The van der Waals surface area contributed by atoms with Crippen LogP contribution < -0.4 is 4.74 Å². The second-order valence-electron chi connectivity index (χ2n) is 8.71. The van der Waals surface area contributed by atoms with Gasteiger partial charge in [0.2, 0.25) is 5.91 Å². The van der Waals surface area contributed by atoms with Crippen molar-refractivity contribution in [3.63, 3.8) is 0 Å². The van der Waals surface area contributed by atoms with Gasteiger partial charge in [0.05, 0.1) is 18.4 Å². The summed E-state index contributed by atoms with van der Waals surface area (Å²) in [5.74, 6) is -0.0851. The lowest BCUT2D eigenvalue weighted by atomic mass is 10.0.